The average Bonchev–Trinajstić information content (AvgIpc) is 2.77. The van der Waals surface area contributed by atoms with Gasteiger partial charge in [-0.05, 0) is 18.6 Å². The molecule has 0 spiro atoms. The Bertz CT molecular complexity index is 500. The second-order valence-corrected chi connectivity index (χ2v) is 4.16. The maximum absolute atomic E-state index is 5.38. The molecule has 0 amide bonds. The van der Waals surface area contributed by atoms with Crippen LogP contribution in [0.2, 0.25) is 0 Å². The molecule has 0 saturated carbocycles. The molecule has 3 rings (SSSR count). The van der Waals surface area contributed by atoms with Crippen LogP contribution in [0.4, 0.5) is 5.69 Å². The lowest BCUT2D eigenvalue weighted by Gasteiger charge is -2.29. The van der Waals surface area contributed by atoms with Crippen molar-refractivity contribution in [2.75, 3.05) is 31.2 Å². The third-order valence-electron chi connectivity index (χ3n) is 2.96. The first-order valence-corrected chi connectivity index (χ1v) is 5.60. The second-order valence-electron chi connectivity index (χ2n) is 4.16. The highest BCUT2D eigenvalue weighted by Gasteiger charge is 2.15. The van der Waals surface area contributed by atoms with Gasteiger partial charge >= 0.3 is 0 Å². The number of hydrogen-bond acceptors (Lipinski definition) is 3. The first-order valence-electron chi connectivity index (χ1n) is 5.60. The minimum Gasteiger partial charge on any atom is -0.378 e. The molecule has 1 aliphatic rings. The molecule has 1 fully saturated rings. The Hall–Kier alpha value is -1.55. The lowest BCUT2D eigenvalue weighted by molar-refractivity contribution is 0.123. The molecule has 3 heterocycles. The third-order valence-corrected chi connectivity index (χ3v) is 2.96. The summed E-state index contributed by atoms with van der Waals surface area (Å²) in [6.07, 6.45) is 5.94. The first kappa shape index (κ1) is 9.66. The van der Waals surface area contributed by atoms with Crippen LogP contribution in [0.3, 0.4) is 0 Å². The smallest absolute Gasteiger partial charge is 0.160 e. The number of pyridine rings is 1. The molecule has 4 heteroatoms. The zero-order valence-corrected chi connectivity index (χ0v) is 9.39. The predicted molar refractivity (Wildman–Crippen MR) is 63.0 cm³/mol. The molecule has 0 atom stereocenters. The van der Waals surface area contributed by atoms with Crippen LogP contribution >= 0.6 is 0 Å². The molecule has 0 radical (unpaired) electrons. The first-order chi connectivity index (χ1) is 7.84. The summed E-state index contributed by atoms with van der Waals surface area (Å²) in [6, 6.07) is 2.20. The van der Waals surface area contributed by atoms with Gasteiger partial charge in [0.1, 0.15) is 0 Å². The Morgan fingerprint density at radius 2 is 2.12 bits per heavy atom. The standard InChI is InChI=1S/C12H15N3O/c1-10-8-11(14-4-6-16-7-5-14)12-13-2-3-15(12)9-10/h2-3,8-9H,4-7H2,1H3. The van der Waals surface area contributed by atoms with Crippen molar-refractivity contribution in [2.45, 2.75) is 6.92 Å². The summed E-state index contributed by atoms with van der Waals surface area (Å²) < 4.78 is 7.46. The number of ether oxygens (including phenoxy) is 1. The SMILES string of the molecule is Cc1cc(N2CCOCC2)c2nccn2c1. The number of aryl methyl sites for hydroxylation is 1. The molecule has 0 unspecified atom stereocenters. The fourth-order valence-corrected chi connectivity index (χ4v) is 2.19. The molecule has 1 aliphatic heterocycles. The molecule has 4 nitrogen and oxygen atoms in total. The van der Waals surface area contributed by atoms with Gasteiger partial charge in [0, 0.05) is 31.7 Å². The van der Waals surface area contributed by atoms with Crippen molar-refractivity contribution >= 4 is 11.3 Å². The van der Waals surface area contributed by atoms with E-state index in [0.29, 0.717) is 0 Å². The lowest BCUT2D eigenvalue weighted by Crippen LogP contribution is -2.36. The van der Waals surface area contributed by atoms with Gasteiger partial charge in [-0.1, -0.05) is 0 Å². The van der Waals surface area contributed by atoms with Crippen LogP contribution in [0.25, 0.3) is 5.65 Å². The fraction of sp³-hybridized carbons (Fsp3) is 0.417. The van der Waals surface area contributed by atoms with Crippen LogP contribution in [-0.2, 0) is 4.74 Å². The average molecular weight is 217 g/mol. The van der Waals surface area contributed by atoms with E-state index in [4.69, 9.17) is 4.74 Å². The lowest BCUT2D eigenvalue weighted by atomic mass is 10.2. The van der Waals surface area contributed by atoms with Gasteiger partial charge < -0.3 is 14.0 Å². The van der Waals surface area contributed by atoms with Gasteiger partial charge in [-0.15, -0.1) is 0 Å². The van der Waals surface area contributed by atoms with Crippen LogP contribution < -0.4 is 4.90 Å². The van der Waals surface area contributed by atoms with Crippen molar-refractivity contribution in [1.82, 2.24) is 9.38 Å². The Morgan fingerprint density at radius 1 is 1.31 bits per heavy atom. The highest BCUT2D eigenvalue weighted by molar-refractivity contribution is 5.70. The Labute approximate surface area is 94.5 Å². The molecule has 0 N–H and O–H groups in total. The monoisotopic (exact) mass is 217 g/mol. The number of imidazole rings is 1. The van der Waals surface area contributed by atoms with Gasteiger partial charge in [-0.3, -0.25) is 0 Å². The normalized spacial score (nSPS) is 16.9. The Kier molecular flexibility index (Phi) is 2.29. The molecule has 16 heavy (non-hydrogen) atoms. The van der Waals surface area contributed by atoms with Crippen LogP contribution in [-0.4, -0.2) is 35.7 Å². The summed E-state index contributed by atoms with van der Waals surface area (Å²) in [4.78, 5) is 6.76. The fourth-order valence-electron chi connectivity index (χ4n) is 2.19. The van der Waals surface area contributed by atoms with Gasteiger partial charge in [-0.2, -0.15) is 0 Å². The van der Waals surface area contributed by atoms with Gasteiger partial charge in [0.15, 0.2) is 5.65 Å². The summed E-state index contributed by atoms with van der Waals surface area (Å²) in [6.45, 7) is 5.63. The summed E-state index contributed by atoms with van der Waals surface area (Å²) >= 11 is 0. The molecule has 2 aromatic rings. The number of nitrogens with zero attached hydrogens (tertiary/aromatic N) is 3. The van der Waals surface area contributed by atoms with Crippen molar-refractivity contribution in [3.63, 3.8) is 0 Å². The van der Waals surface area contributed by atoms with Crippen molar-refractivity contribution < 1.29 is 4.74 Å². The summed E-state index contributed by atoms with van der Waals surface area (Å²) in [5.41, 5.74) is 3.51. The van der Waals surface area contributed by atoms with E-state index >= 15 is 0 Å². The van der Waals surface area contributed by atoms with Crippen molar-refractivity contribution in [3.05, 3.63) is 30.2 Å². The highest BCUT2D eigenvalue weighted by Crippen LogP contribution is 2.22. The predicted octanol–water partition coefficient (Wildman–Crippen LogP) is 1.48. The van der Waals surface area contributed by atoms with E-state index in [1.54, 1.807) is 0 Å². The molecule has 0 aromatic carbocycles. The maximum Gasteiger partial charge on any atom is 0.160 e. The molecule has 0 aliphatic carbocycles. The molecule has 2 aromatic heterocycles. The van der Waals surface area contributed by atoms with E-state index in [9.17, 15) is 0 Å². The quantitative estimate of drug-likeness (QED) is 0.724. The van der Waals surface area contributed by atoms with E-state index in [0.717, 1.165) is 32.0 Å². The zero-order valence-electron chi connectivity index (χ0n) is 9.39. The van der Waals surface area contributed by atoms with Gasteiger partial charge in [0.05, 0.1) is 18.9 Å². The Balaban J connectivity index is 2.09. The number of morpholine rings is 1. The van der Waals surface area contributed by atoms with Crippen molar-refractivity contribution in [3.8, 4) is 0 Å². The van der Waals surface area contributed by atoms with Crippen LogP contribution in [0.15, 0.2) is 24.7 Å². The van der Waals surface area contributed by atoms with E-state index in [1.807, 2.05) is 12.4 Å². The van der Waals surface area contributed by atoms with E-state index < -0.39 is 0 Å². The number of fused-ring (bicyclic) bond motifs is 1. The van der Waals surface area contributed by atoms with Crippen LogP contribution in [0.5, 0.6) is 0 Å². The zero-order chi connectivity index (χ0) is 11.0. The van der Waals surface area contributed by atoms with Gasteiger partial charge in [0.25, 0.3) is 0 Å². The third kappa shape index (κ3) is 1.55. The molecular weight excluding hydrogens is 202 g/mol. The second kappa shape index (κ2) is 3.79. The topological polar surface area (TPSA) is 29.8 Å². The summed E-state index contributed by atoms with van der Waals surface area (Å²) in [5.74, 6) is 0. The number of anilines is 1. The van der Waals surface area contributed by atoms with Crippen LogP contribution in [0, 0.1) is 6.92 Å². The van der Waals surface area contributed by atoms with E-state index in [1.165, 1.54) is 11.3 Å². The van der Waals surface area contributed by atoms with E-state index in [-0.39, 0.29) is 0 Å². The molecular formula is C12H15N3O. The number of aromatic nitrogens is 2. The molecule has 1 saturated heterocycles. The summed E-state index contributed by atoms with van der Waals surface area (Å²) in [5, 5.41) is 0. The summed E-state index contributed by atoms with van der Waals surface area (Å²) in [7, 11) is 0. The Morgan fingerprint density at radius 3 is 2.94 bits per heavy atom. The van der Waals surface area contributed by atoms with Crippen LogP contribution in [0.1, 0.15) is 5.56 Å². The largest absolute Gasteiger partial charge is 0.378 e. The number of hydrogen-bond donors (Lipinski definition) is 0. The van der Waals surface area contributed by atoms with Crippen molar-refractivity contribution in [1.29, 1.82) is 0 Å². The minimum atomic E-state index is 0.806. The van der Waals surface area contributed by atoms with Crippen molar-refractivity contribution in [2.24, 2.45) is 0 Å². The highest BCUT2D eigenvalue weighted by atomic mass is 16.5. The molecule has 0 bridgehead atoms. The minimum absolute atomic E-state index is 0.806. The maximum atomic E-state index is 5.38. The molecule has 84 valence electrons. The number of rotatable bonds is 1. The van der Waals surface area contributed by atoms with Gasteiger partial charge in [0.2, 0.25) is 0 Å². The van der Waals surface area contributed by atoms with E-state index in [2.05, 4.69) is 33.5 Å². The van der Waals surface area contributed by atoms with Gasteiger partial charge in [-0.25, -0.2) is 4.98 Å².